The summed E-state index contributed by atoms with van der Waals surface area (Å²) in [5.74, 6) is 0. The third-order valence-corrected chi connectivity index (χ3v) is 9.29. The smallest absolute Gasteiger partial charge is 0.143 e. The molecule has 0 unspecified atom stereocenters. The monoisotopic (exact) mass is 613 g/mol. The second-order valence-electron chi connectivity index (χ2n) is 12.1. The molecule has 0 aliphatic carbocycles. The third-order valence-electron chi connectivity index (χ3n) is 9.29. The van der Waals surface area contributed by atoms with E-state index in [0.29, 0.717) is 0 Å². The van der Waals surface area contributed by atoms with Gasteiger partial charge in [-0.1, -0.05) is 152 Å². The van der Waals surface area contributed by atoms with Crippen molar-refractivity contribution in [2.75, 3.05) is 4.90 Å². The van der Waals surface area contributed by atoms with Gasteiger partial charge in [-0.25, -0.2) is 0 Å². The zero-order chi connectivity index (χ0) is 31.9. The molecule has 0 atom stereocenters. The first-order valence-corrected chi connectivity index (χ1v) is 16.4. The summed E-state index contributed by atoms with van der Waals surface area (Å²) in [4.78, 5) is 2.36. The van der Waals surface area contributed by atoms with E-state index in [4.69, 9.17) is 4.42 Å². The molecule has 0 aliphatic heterocycles. The fourth-order valence-corrected chi connectivity index (χ4v) is 6.99. The molecular weight excluding hydrogens is 583 g/mol. The second kappa shape index (κ2) is 11.8. The molecule has 0 radical (unpaired) electrons. The van der Waals surface area contributed by atoms with Crippen LogP contribution in [0.2, 0.25) is 0 Å². The maximum absolute atomic E-state index is 6.67. The highest BCUT2D eigenvalue weighted by Crippen LogP contribution is 2.45. The van der Waals surface area contributed by atoms with Gasteiger partial charge in [0.2, 0.25) is 0 Å². The van der Waals surface area contributed by atoms with E-state index in [2.05, 4.69) is 187 Å². The normalized spacial score (nSPS) is 11.3. The van der Waals surface area contributed by atoms with Gasteiger partial charge in [-0.2, -0.15) is 0 Å². The van der Waals surface area contributed by atoms with Crippen LogP contribution in [0.15, 0.2) is 192 Å². The third kappa shape index (κ3) is 4.83. The summed E-state index contributed by atoms with van der Waals surface area (Å²) in [6, 6.07) is 66.8. The molecule has 9 aromatic rings. The molecule has 0 saturated carbocycles. The summed E-state index contributed by atoms with van der Waals surface area (Å²) >= 11 is 0. The molecule has 0 amide bonds. The van der Waals surface area contributed by atoms with Crippen LogP contribution in [0.25, 0.3) is 66.1 Å². The molecule has 2 heteroatoms. The summed E-state index contributed by atoms with van der Waals surface area (Å²) in [5.41, 5.74) is 12.0. The van der Waals surface area contributed by atoms with Crippen molar-refractivity contribution in [2.45, 2.75) is 0 Å². The van der Waals surface area contributed by atoms with Crippen molar-refractivity contribution in [3.05, 3.63) is 188 Å². The van der Waals surface area contributed by atoms with Crippen LogP contribution >= 0.6 is 0 Å². The molecule has 0 spiro atoms. The van der Waals surface area contributed by atoms with Crippen molar-refractivity contribution in [1.82, 2.24) is 0 Å². The summed E-state index contributed by atoms with van der Waals surface area (Å²) in [7, 11) is 0. The largest absolute Gasteiger partial charge is 0.455 e. The lowest BCUT2D eigenvalue weighted by atomic mass is 9.98. The van der Waals surface area contributed by atoms with E-state index in [0.717, 1.165) is 50.1 Å². The zero-order valence-corrected chi connectivity index (χ0v) is 26.3. The molecule has 1 aromatic heterocycles. The van der Waals surface area contributed by atoms with Gasteiger partial charge < -0.3 is 9.32 Å². The number of nitrogens with zero attached hydrogens (tertiary/aromatic N) is 1. The van der Waals surface area contributed by atoms with Crippen LogP contribution in [0.1, 0.15) is 0 Å². The van der Waals surface area contributed by atoms with Crippen molar-refractivity contribution in [3.63, 3.8) is 0 Å². The van der Waals surface area contributed by atoms with Gasteiger partial charge in [0, 0.05) is 22.3 Å². The van der Waals surface area contributed by atoms with E-state index < -0.39 is 0 Å². The van der Waals surface area contributed by atoms with E-state index in [1.807, 2.05) is 6.07 Å². The molecule has 9 rings (SSSR count). The van der Waals surface area contributed by atoms with Crippen LogP contribution in [0, 0.1) is 0 Å². The number of benzene rings is 8. The number of furan rings is 1. The highest BCUT2D eigenvalue weighted by molar-refractivity contribution is 6.16. The molecule has 48 heavy (non-hydrogen) atoms. The molecule has 8 aromatic carbocycles. The topological polar surface area (TPSA) is 16.4 Å². The molecule has 0 saturated heterocycles. The summed E-state index contributed by atoms with van der Waals surface area (Å²) in [5, 5.41) is 4.69. The molecule has 0 aliphatic rings. The predicted molar refractivity (Wildman–Crippen MR) is 202 cm³/mol. The first kappa shape index (κ1) is 27.9. The Morgan fingerprint density at radius 1 is 0.354 bits per heavy atom. The van der Waals surface area contributed by atoms with Crippen molar-refractivity contribution < 1.29 is 4.42 Å². The highest BCUT2D eigenvalue weighted by atomic mass is 16.3. The van der Waals surface area contributed by atoms with Gasteiger partial charge >= 0.3 is 0 Å². The predicted octanol–water partition coefficient (Wildman–Crippen LogP) is 13.2. The summed E-state index contributed by atoms with van der Waals surface area (Å²) < 4.78 is 6.67. The van der Waals surface area contributed by atoms with Crippen molar-refractivity contribution in [3.8, 4) is 33.4 Å². The molecule has 0 N–H and O–H groups in total. The maximum Gasteiger partial charge on any atom is 0.143 e. The average molecular weight is 614 g/mol. The van der Waals surface area contributed by atoms with Crippen molar-refractivity contribution in [1.29, 1.82) is 0 Å². The Morgan fingerprint density at radius 2 is 0.875 bits per heavy atom. The minimum Gasteiger partial charge on any atom is -0.455 e. The van der Waals surface area contributed by atoms with Crippen LogP contribution in [0.5, 0.6) is 0 Å². The minimum absolute atomic E-state index is 0.865. The van der Waals surface area contributed by atoms with E-state index in [1.54, 1.807) is 0 Å². The fraction of sp³-hybridized carbons (Fsp3) is 0. The number of hydrogen-bond acceptors (Lipinski definition) is 2. The Labute approximate surface area is 279 Å². The molecule has 1 heterocycles. The first-order chi connectivity index (χ1) is 23.8. The lowest BCUT2D eigenvalue weighted by Gasteiger charge is -2.26. The van der Waals surface area contributed by atoms with Gasteiger partial charge in [-0.3, -0.25) is 0 Å². The Balaban J connectivity index is 1.23. The van der Waals surface area contributed by atoms with Crippen LogP contribution in [-0.2, 0) is 0 Å². The maximum atomic E-state index is 6.67. The van der Waals surface area contributed by atoms with Gasteiger partial charge in [0.05, 0.1) is 11.1 Å². The highest BCUT2D eigenvalue weighted by Gasteiger charge is 2.21. The van der Waals surface area contributed by atoms with Crippen LogP contribution in [-0.4, -0.2) is 0 Å². The zero-order valence-electron chi connectivity index (χ0n) is 26.3. The van der Waals surface area contributed by atoms with E-state index in [1.165, 1.54) is 33.0 Å². The van der Waals surface area contributed by atoms with E-state index in [-0.39, 0.29) is 0 Å². The van der Waals surface area contributed by atoms with Crippen molar-refractivity contribution >= 4 is 49.8 Å². The van der Waals surface area contributed by atoms with Crippen LogP contribution in [0.4, 0.5) is 17.1 Å². The van der Waals surface area contributed by atoms with Gasteiger partial charge in [0.25, 0.3) is 0 Å². The van der Waals surface area contributed by atoms with E-state index in [9.17, 15) is 0 Å². The SMILES string of the molecule is c1ccc(-c2ccc(N(c3ccc(-c4cccc5ccccc45)cc3)c3cccc4oc5c(-c6ccccc6)cccc5c34)cc2)cc1. The van der Waals surface area contributed by atoms with Gasteiger partial charge in [0.15, 0.2) is 0 Å². The first-order valence-electron chi connectivity index (χ1n) is 16.4. The summed E-state index contributed by atoms with van der Waals surface area (Å²) in [6.07, 6.45) is 0. The van der Waals surface area contributed by atoms with E-state index >= 15 is 0 Å². The van der Waals surface area contributed by atoms with Crippen molar-refractivity contribution in [2.24, 2.45) is 0 Å². The Morgan fingerprint density at radius 3 is 1.62 bits per heavy atom. The Hall–Kier alpha value is -6.38. The van der Waals surface area contributed by atoms with Crippen LogP contribution in [0.3, 0.4) is 0 Å². The Bertz CT molecular complexity index is 2530. The number of hydrogen-bond donors (Lipinski definition) is 0. The second-order valence-corrected chi connectivity index (χ2v) is 12.1. The average Bonchev–Trinajstić information content (AvgIpc) is 3.56. The number of para-hydroxylation sites is 1. The number of rotatable bonds is 6. The standard InChI is InChI=1S/C46H31NO/c1-3-12-32(13-4-1)33-24-28-37(29-25-33)47(38-30-26-36(27-31-38)40-19-9-17-34-16-7-8-18-39(34)40)43-22-11-23-44-45(43)42-21-10-20-41(46(42)48-44)35-14-5-2-6-15-35/h1-31H. The molecule has 0 fully saturated rings. The fourth-order valence-electron chi connectivity index (χ4n) is 6.99. The molecule has 0 bridgehead atoms. The number of anilines is 3. The Kier molecular flexibility index (Phi) is 6.84. The lowest BCUT2D eigenvalue weighted by molar-refractivity contribution is 0.670. The minimum atomic E-state index is 0.865. The van der Waals surface area contributed by atoms with Crippen LogP contribution < -0.4 is 4.90 Å². The molecule has 226 valence electrons. The molecular formula is C46H31NO. The number of fused-ring (bicyclic) bond motifs is 4. The lowest BCUT2D eigenvalue weighted by Crippen LogP contribution is -2.10. The quantitative estimate of drug-likeness (QED) is 0.185. The van der Waals surface area contributed by atoms with Gasteiger partial charge in [-0.05, 0) is 75.0 Å². The van der Waals surface area contributed by atoms with Gasteiger partial charge in [-0.15, -0.1) is 0 Å². The summed E-state index contributed by atoms with van der Waals surface area (Å²) in [6.45, 7) is 0. The van der Waals surface area contributed by atoms with Gasteiger partial charge in [0.1, 0.15) is 11.2 Å². The molecule has 2 nitrogen and oxygen atoms in total.